The third-order valence-corrected chi connectivity index (χ3v) is 2.66. The lowest BCUT2D eigenvalue weighted by molar-refractivity contribution is -0.140. The summed E-state index contributed by atoms with van der Waals surface area (Å²) in [5.74, 6) is -1.46. The summed E-state index contributed by atoms with van der Waals surface area (Å²) >= 11 is 0. The number of hydrogen-bond acceptors (Lipinski definition) is 3. The van der Waals surface area contributed by atoms with E-state index in [0.717, 1.165) is 25.9 Å². The van der Waals surface area contributed by atoms with Crippen LogP contribution in [0.2, 0.25) is 0 Å². The van der Waals surface area contributed by atoms with Crippen molar-refractivity contribution in [1.29, 1.82) is 0 Å². The Hall–Kier alpha value is -1.30. The summed E-state index contributed by atoms with van der Waals surface area (Å²) in [5, 5.41) is 17.2. The van der Waals surface area contributed by atoms with Gasteiger partial charge < -0.3 is 21.1 Å². The number of carbonyl (C=O) groups is 2. The number of carboxylic acids is 1. The number of carboxylic acid groups (broad SMARTS) is 1. The third-order valence-electron chi connectivity index (χ3n) is 2.66. The van der Waals surface area contributed by atoms with E-state index in [1.165, 1.54) is 0 Å². The van der Waals surface area contributed by atoms with Gasteiger partial charge in [0.25, 0.3) is 0 Å². The monoisotopic (exact) mass is 229 g/mol. The molecule has 1 fully saturated rings. The van der Waals surface area contributed by atoms with Crippen molar-refractivity contribution in [1.82, 2.24) is 16.0 Å². The molecule has 0 radical (unpaired) electrons. The molecule has 1 rings (SSSR count). The zero-order valence-corrected chi connectivity index (χ0v) is 9.45. The van der Waals surface area contributed by atoms with Gasteiger partial charge in [-0.05, 0) is 25.9 Å². The van der Waals surface area contributed by atoms with Crippen LogP contribution >= 0.6 is 0 Å². The number of piperidine rings is 1. The highest BCUT2D eigenvalue weighted by atomic mass is 16.4. The smallest absolute Gasteiger partial charge is 0.315 e. The van der Waals surface area contributed by atoms with E-state index in [2.05, 4.69) is 16.0 Å². The fraction of sp³-hybridized carbons (Fsp3) is 0.800. The number of rotatable bonds is 4. The minimum absolute atomic E-state index is 0.159. The van der Waals surface area contributed by atoms with Crippen molar-refractivity contribution in [3.05, 3.63) is 0 Å². The van der Waals surface area contributed by atoms with Gasteiger partial charge in [-0.25, -0.2) is 4.79 Å². The number of aliphatic carboxylic acids is 1. The number of hydrogen-bond donors (Lipinski definition) is 4. The van der Waals surface area contributed by atoms with Gasteiger partial charge in [-0.1, -0.05) is 6.92 Å². The fourth-order valence-corrected chi connectivity index (χ4v) is 1.54. The lowest BCUT2D eigenvalue weighted by Gasteiger charge is -2.23. The average molecular weight is 229 g/mol. The van der Waals surface area contributed by atoms with Crippen molar-refractivity contribution in [3.63, 3.8) is 0 Å². The Morgan fingerprint density at radius 2 is 2.06 bits per heavy atom. The van der Waals surface area contributed by atoms with Crippen LogP contribution in [-0.2, 0) is 4.79 Å². The number of urea groups is 1. The van der Waals surface area contributed by atoms with Crippen LogP contribution in [0.25, 0.3) is 0 Å². The first-order valence-corrected chi connectivity index (χ1v) is 5.57. The molecule has 2 amide bonds. The molecule has 6 heteroatoms. The Bertz CT molecular complexity index is 252. The normalized spacial score (nSPS) is 18.8. The highest BCUT2D eigenvalue weighted by molar-refractivity contribution is 5.75. The summed E-state index contributed by atoms with van der Waals surface area (Å²) in [6.45, 7) is 3.55. The predicted molar refractivity (Wildman–Crippen MR) is 59.2 cm³/mol. The summed E-state index contributed by atoms with van der Waals surface area (Å²) < 4.78 is 0. The van der Waals surface area contributed by atoms with Gasteiger partial charge >= 0.3 is 12.0 Å². The molecular formula is C10H19N3O3. The zero-order valence-electron chi connectivity index (χ0n) is 9.45. The van der Waals surface area contributed by atoms with Gasteiger partial charge in [0.15, 0.2) is 0 Å². The Morgan fingerprint density at radius 3 is 2.62 bits per heavy atom. The van der Waals surface area contributed by atoms with E-state index < -0.39 is 11.9 Å². The van der Waals surface area contributed by atoms with Crippen LogP contribution in [0.5, 0.6) is 0 Å². The zero-order chi connectivity index (χ0) is 12.0. The first-order valence-electron chi connectivity index (χ1n) is 5.57. The summed E-state index contributed by atoms with van der Waals surface area (Å²) in [6.07, 6.45) is 1.84. The maximum Gasteiger partial charge on any atom is 0.315 e. The first kappa shape index (κ1) is 12.8. The van der Waals surface area contributed by atoms with Crippen LogP contribution < -0.4 is 16.0 Å². The minimum Gasteiger partial charge on any atom is -0.481 e. The molecule has 0 aromatic heterocycles. The summed E-state index contributed by atoms with van der Waals surface area (Å²) in [7, 11) is 0. The largest absolute Gasteiger partial charge is 0.481 e. The lowest BCUT2D eigenvalue weighted by atomic mass is 10.1. The molecular weight excluding hydrogens is 210 g/mol. The maximum atomic E-state index is 11.4. The fourth-order valence-electron chi connectivity index (χ4n) is 1.54. The van der Waals surface area contributed by atoms with E-state index >= 15 is 0 Å². The molecule has 1 aliphatic rings. The molecule has 92 valence electrons. The molecule has 0 spiro atoms. The van der Waals surface area contributed by atoms with Gasteiger partial charge in [0.2, 0.25) is 0 Å². The van der Waals surface area contributed by atoms with Gasteiger partial charge in [0.1, 0.15) is 0 Å². The quantitative estimate of drug-likeness (QED) is 0.535. The van der Waals surface area contributed by atoms with Crippen molar-refractivity contribution < 1.29 is 14.7 Å². The predicted octanol–water partition coefficient (Wildman–Crippen LogP) is -0.242. The van der Waals surface area contributed by atoms with Crippen molar-refractivity contribution in [2.75, 3.05) is 19.6 Å². The standard InChI is InChI=1S/C10H19N3O3/c1-7(9(14)15)6-12-10(16)13-8-2-4-11-5-3-8/h7-8,11H,2-6H2,1H3,(H,14,15)(H2,12,13,16). The Balaban J connectivity index is 2.17. The van der Waals surface area contributed by atoms with E-state index in [-0.39, 0.29) is 18.6 Å². The van der Waals surface area contributed by atoms with Gasteiger partial charge in [-0.2, -0.15) is 0 Å². The molecule has 0 bridgehead atoms. The molecule has 1 aliphatic heterocycles. The molecule has 1 saturated heterocycles. The summed E-state index contributed by atoms with van der Waals surface area (Å²) in [4.78, 5) is 21.9. The van der Waals surface area contributed by atoms with Crippen LogP contribution in [0.3, 0.4) is 0 Å². The van der Waals surface area contributed by atoms with E-state index in [4.69, 9.17) is 5.11 Å². The molecule has 0 aromatic carbocycles. The van der Waals surface area contributed by atoms with Gasteiger partial charge in [-0.3, -0.25) is 4.79 Å². The molecule has 0 aliphatic carbocycles. The Labute approximate surface area is 94.8 Å². The highest BCUT2D eigenvalue weighted by Gasteiger charge is 2.16. The average Bonchev–Trinajstić information content (AvgIpc) is 2.27. The van der Waals surface area contributed by atoms with E-state index in [0.29, 0.717) is 0 Å². The molecule has 0 aromatic rings. The maximum absolute atomic E-state index is 11.4. The van der Waals surface area contributed by atoms with Crippen molar-refractivity contribution >= 4 is 12.0 Å². The first-order chi connectivity index (χ1) is 7.59. The molecule has 6 nitrogen and oxygen atoms in total. The van der Waals surface area contributed by atoms with Crippen LogP contribution in [0.15, 0.2) is 0 Å². The Kier molecular flexibility index (Phi) is 5.04. The second-order valence-corrected chi connectivity index (χ2v) is 4.12. The third kappa shape index (κ3) is 4.48. The highest BCUT2D eigenvalue weighted by Crippen LogP contribution is 2.01. The van der Waals surface area contributed by atoms with Gasteiger partial charge in [0.05, 0.1) is 5.92 Å². The van der Waals surface area contributed by atoms with Crippen LogP contribution in [0.1, 0.15) is 19.8 Å². The minimum atomic E-state index is -0.901. The molecule has 1 unspecified atom stereocenters. The van der Waals surface area contributed by atoms with Gasteiger partial charge in [0, 0.05) is 12.6 Å². The van der Waals surface area contributed by atoms with Gasteiger partial charge in [-0.15, -0.1) is 0 Å². The van der Waals surface area contributed by atoms with Crippen molar-refractivity contribution in [3.8, 4) is 0 Å². The molecule has 1 atom stereocenters. The van der Waals surface area contributed by atoms with Crippen LogP contribution in [0.4, 0.5) is 4.79 Å². The topological polar surface area (TPSA) is 90.5 Å². The molecule has 16 heavy (non-hydrogen) atoms. The van der Waals surface area contributed by atoms with E-state index in [9.17, 15) is 9.59 Å². The van der Waals surface area contributed by atoms with Crippen molar-refractivity contribution in [2.24, 2.45) is 5.92 Å². The second-order valence-electron chi connectivity index (χ2n) is 4.12. The van der Waals surface area contributed by atoms with Crippen LogP contribution in [0, 0.1) is 5.92 Å². The van der Waals surface area contributed by atoms with E-state index in [1.54, 1.807) is 6.92 Å². The molecule has 0 saturated carbocycles. The molecule has 4 N–H and O–H groups in total. The SMILES string of the molecule is CC(CNC(=O)NC1CCNCC1)C(=O)O. The number of nitrogens with one attached hydrogen (secondary N) is 3. The molecule has 1 heterocycles. The van der Waals surface area contributed by atoms with Crippen molar-refractivity contribution in [2.45, 2.75) is 25.8 Å². The Morgan fingerprint density at radius 1 is 1.44 bits per heavy atom. The van der Waals surface area contributed by atoms with E-state index in [1.807, 2.05) is 0 Å². The number of carbonyl (C=O) groups excluding carboxylic acids is 1. The second kappa shape index (κ2) is 6.32. The summed E-state index contributed by atoms with van der Waals surface area (Å²) in [6, 6.07) is -0.0821. The number of amides is 2. The van der Waals surface area contributed by atoms with Crippen LogP contribution in [-0.4, -0.2) is 42.8 Å². The lowest BCUT2D eigenvalue weighted by Crippen LogP contribution is -2.47. The summed E-state index contributed by atoms with van der Waals surface area (Å²) in [5.41, 5.74) is 0.